The highest BCUT2D eigenvalue weighted by Gasteiger charge is 2.25. The lowest BCUT2D eigenvalue weighted by atomic mass is 10.1. The van der Waals surface area contributed by atoms with Gasteiger partial charge in [-0.3, -0.25) is 10.1 Å². The Bertz CT molecular complexity index is 989. The number of ether oxygens (including phenoxy) is 1. The van der Waals surface area contributed by atoms with E-state index in [1.165, 1.54) is 24.3 Å². The van der Waals surface area contributed by atoms with E-state index in [1.54, 1.807) is 26.0 Å². The standard InChI is InChI=1S/C18H14ClFN4O3/c1-10-7-14(8-11(2)15(10)19)27-18-16(24(25)26)17(21-9-22-18)23-13-5-3-12(20)4-6-13/h3-9H,1-2H3,(H,21,22,23). The highest BCUT2D eigenvalue weighted by molar-refractivity contribution is 6.32. The summed E-state index contributed by atoms with van der Waals surface area (Å²) in [6, 6.07) is 8.65. The zero-order valence-electron chi connectivity index (χ0n) is 14.4. The molecule has 0 fully saturated rings. The zero-order valence-corrected chi connectivity index (χ0v) is 15.1. The molecule has 1 N–H and O–H groups in total. The van der Waals surface area contributed by atoms with Gasteiger partial charge >= 0.3 is 11.6 Å². The molecule has 0 aliphatic carbocycles. The summed E-state index contributed by atoms with van der Waals surface area (Å²) in [7, 11) is 0. The van der Waals surface area contributed by atoms with Crippen LogP contribution in [0.15, 0.2) is 42.7 Å². The number of nitro groups is 1. The first-order valence-corrected chi connectivity index (χ1v) is 8.19. The summed E-state index contributed by atoms with van der Waals surface area (Å²) < 4.78 is 18.7. The van der Waals surface area contributed by atoms with Crippen LogP contribution in [0.3, 0.4) is 0 Å². The fraction of sp³-hybridized carbons (Fsp3) is 0.111. The van der Waals surface area contributed by atoms with E-state index in [0.29, 0.717) is 16.5 Å². The molecule has 138 valence electrons. The Morgan fingerprint density at radius 1 is 1.15 bits per heavy atom. The van der Waals surface area contributed by atoms with Crippen LogP contribution in [0.4, 0.5) is 21.6 Å². The first kappa shape index (κ1) is 18.5. The minimum atomic E-state index is -0.642. The molecule has 0 atom stereocenters. The fourth-order valence-corrected chi connectivity index (χ4v) is 2.55. The van der Waals surface area contributed by atoms with Crippen LogP contribution < -0.4 is 10.1 Å². The number of anilines is 2. The summed E-state index contributed by atoms with van der Waals surface area (Å²) in [5, 5.41) is 15.0. The lowest BCUT2D eigenvalue weighted by molar-refractivity contribution is -0.385. The van der Waals surface area contributed by atoms with E-state index in [4.69, 9.17) is 16.3 Å². The number of hydrogen-bond donors (Lipinski definition) is 1. The van der Waals surface area contributed by atoms with Crippen molar-refractivity contribution >= 4 is 28.8 Å². The van der Waals surface area contributed by atoms with Gasteiger partial charge in [0.05, 0.1) is 4.92 Å². The molecule has 0 aliphatic heterocycles. The molecule has 3 rings (SSSR count). The van der Waals surface area contributed by atoms with E-state index in [-0.39, 0.29) is 11.7 Å². The number of aryl methyl sites for hydroxylation is 2. The molecule has 0 radical (unpaired) electrons. The molecular formula is C18H14ClFN4O3. The number of nitrogens with one attached hydrogen (secondary N) is 1. The van der Waals surface area contributed by atoms with Crippen molar-refractivity contribution in [2.45, 2.75) is 13.8 Å². The van der Waals surface area contributed by atoms with E-state index < -0.39 is 16.4 Å². The Balaban J connectivity index is 1.98. The molecule has 27 heavy (non-hydrogen) atoms. The second kappa shape index (κ2) is 7.55. The van der Waals surface area contributed by atoms with Gasteiger partial charge in [-0.2, -0.15) is 4.98 Å². The number of nitrogens with zero attached hydrogens (tertiary/aromatic N) is 3. The van der Waals surface area contributed by atoms with Crippen molar-refractivity contribution in [2.24, 2.45) is 0 Å². The van der Waals surface area contributed by atoms with Crippen molar-refractivity contribution in [1.82, 2.24) is 9.97 Å². The maximum Gasteiger partial charge on any atom is 0.373 e. The lowest BCUT2D eigenvalue weighted by Crippen LogP contribution is -2.03. The third-order valence-electron chi connectivity index (χ3n) is 3.70. The predicted octanol–water partition coefficient (Wildman–Crippen LogP) is 5.33. The largest absolute Gasteiger partial charge is 0.434 e. The smallest absolute Gasteiger partial charge is 0.373 e. The molecule has 1 aromatic heterocycles. The molecule has 0 unspecified atom stereocenters. The topological polar surface area (TPSA) is 90.2 Å². The Kier molecular flexibility index (Phi) is 5.18. The van der Waals surface area contributed by atoms with Crippen molar-refractivity contribution in [1.29, 1.82) is 0 Å². The Morgan fingerprint density at radius 3 is 2.37 bits per heavy atom. The van der Waals surface area contributed by atoms with Gasteiger partial charge in [0.1, 0.15) is 17.9 Å². The molecule has 7 nitrogen and oxygen atoms in total. The average Bonchev–Trinajstić information content (AvgIpc) is 2.61. The maximum absolute atomic E-state index is 13.0. The van der Waals surface area contributed by atoms with Crippen LogP contribution in [0.1, 0.15) is 11.1 Å². The number of hydrogen-bond acceptors (Lipinski definition) is 6. The van der Waals surface area contributed by atoms with Crippen molar-refractivity contribution in [3.63, 3.8) is 0 Å². The summed E-state index contributed by atoms with van der Waals surface area (Å²) in [6.07, 6.45) is 1.14. The third-order valence-corrected chi connectivity index (χ3v) is 4.30. The quantitative estimate of drug-likeness (QED) is 0.469. The summed E-state index contributed by atoms with van der Waals surface area (Å²) >= 11 is 6.13. The highest BCUT2D eigenvalue weighted by Crippen LogP contribution is 2.36. The predicted molar refractivity (Wildman–Crippen MR) is 99.4 cm³/mol. The Morgan fingerprint density at radius 2 is 1.78 bits per heavy atom. The van der Waals surface area contributed by atoms with Gasteiger partial charge in [0, 0.05) is 10.7 Å². The Labute approximate surface area is 158 Å². The van der Waals surface area contributed by atoms with E-state index >= 15 is 0 Å². The van der Waals surface area contributed by atoms with Gasteiger partial charge < -0.3 is 10.1 Å². The minimum Gasteiger partial charge on any atom is -0.434 e. The third kappa shape index (κ3) is 4.12. The van der Waals surface area contributed by atoms with Crippen LogP contribution in [0.5, 0.6) is 11.6 Å². The van der Waals surface area contributed by atoms with Crippen LogP contribution in [0.2, 0.25) is 5.02 Å². The summed E-state index contributed by atoms with van der Waals surface area (Å²) in [6.45, 7) is 3.61. The van der Waals surface area contributed by atoms with E-state index in [9.17, 15) is 14.5 Å². The van der Waals surface area contributed by atoms with E-state index in [2.05, 4.69) is 15.3 Å². The molecule has 2 aromatic carbocycles. The normalized spacial score (nSPS) is 10.5. The number of rotatable bonds is 5. The van der Waals surface area contributed by atoms with Crippen LogP contribution in [0.25, 0.3) is 0 Å². The molecule has 0 bridgehead atoms. The highest BCUT2D eigenvalue weighted by atomic mass is 35.5. The van der Waals surface area contributed by atoms with Gasteiger partial charge in [-0.1, -0.05) is 11.6 Å². The first-order chi connectivity index (χ1) is 12.8. The van der Waals surface area contributed by atoms with Crippen LogP contribution in [-0.2, 0) is 0 Å². The number of halogens is 2. The SMILES string of the molecule is Cc1cc(Oc2ncnc(Nc3ccc(F)cc3)c2[N+](=O)[O-])cc(C)c1Cl. The van der Waals surface area contributed by atoms with Gasteiger partial charge in [0.2, 0.25) is 5.82 Å². The van der Waals surface area contributed by atoms with Crippen molar-refractivity contribution in [2.75, 3.05) is 5.32 Å². The molecule has 0 spiro atoms. The van der Waals surface area contributed by atoms with Crippen molar-refractivity contribution < 1.29 is 14.1 Å². The molecular weight excluding hydrogens is 375 g/mol. The monoisotopic (exact) mass is 388 g/mol. The lowest BCUT2D eigenvalue weighted by Gasteiger charge is -2.11. The summed E-state index contributed by atoms with van der Waals surface area (Å²) in [5.41, 5.74) is 1.54. The second-order valence-electron chi connectivity index (χ2n) is 5.74. The van der Waals surface area contributed by atoms with Crippen LogP contribution in [-0.4, -0.2) is 14.9 Å². The average molecular weight is 389 g/mol. The van der Waals surface area contributed by atoms with E-state index in [1.807, 2.05) is 0 Å². The first-order valence-electron chi connectivity index (χ1n) is 7.81. The summed E-state index contributed by atoms with van der Waals surface area (Å²) in [4.78, 5) is 18.7. The molecule has 9 heteroatoms. The zero-order chi connectivity index (χ0) is 19.6. The van der Waals surface area contributed by atoms with Crippen molar-refractivity contribution in [3.05, 3.63) is 74.8 Å². The molecule has 0 amide bonds. The van der Waals surface area contributed by atoms with Gasteiger partial charge in [0.25, 0.3) is 0 Å². The molecule has 0 saturated carbocycles. The fourth-order valence-electron chi connectivity index (χ4n) is 2.44. The summed E-state index contributed by atoms with van der Waals surface area (Å²) in [5.74, 6) is -0.348. The Hall–Kier alpha value is -3.26. The van der Waals surface area contributed by atoms with Gasteiger partial charge in [0.15, 0.2) is 0 Å². The van der Waals surface area contributed by atoms with Crippen molar-refractivity contribution in [3.8, 4) is 11.6 Å². The maximum atomic E-state index is 13.0. The second-order valence-corrected chi connectivity index (χ2v) is 6.12. The van der Waals surface area contributed by atoms with Crippen LogP contribution in [0, 0.1) is 29.8 Å². The molecule has 1 heterocycles. The molecule has 0 saturated heterocycles. The molecule has 3 aromatic rings. The molecule has 0 aliphatic rings. The van der Waals surface area contributed by atoms with Gasteiger partial charge in [-0.25, -0.2) is 9.37 Å². The number of benzene rings is 2. The minimum absolute atomic E-state index is 0.0704. The van der Waals surface area contributed by atoms with Gasteiger partial charge in [-0.05, 0) is 61.4 Å². The number of aromatic nitrogens is 2. The van der Waals surface area contributed by atoms with Crippen LogP contribution >= 0.6 is 11.6 Å². The van der Waals surface area contributed by atoms with E-state index in [0.717, 1.165) is 17.5 Å². The van der Waals surface area contributed by atoms with Gasteiger partial charge in [-0.15, -0.1) is 0 Å².